The molecule has 3 rings (SSSR count). The topological polar surface area (TPSA) is 36.1 Å². The molecule has 0 spiro atoms. The fourth-order valence-electron chi connectivity index (χ4n) is 3.38. The number of benzene rings is 1. The van der Waals surface area contributed by atoms with Crippen LogP contribution in [0.4, 0.5) is 5.00 Å². The predicted octanol–water partition coefficient (Wildman–Crippen LogP) is 5.83. The van der Waals surface area contributed by atoms with Crippen molar-refractivity contribution in [1.82, 2.24) is 0 Å². The Morgan fingerprint density at radius 1 is 1.29 bits per heavy atom. The molecule has 0 aliphatic heterocycles. The summed E-state index contributed by atoms with van der Waals surface area (Å²) in [6, 6.07) is 10.6. The molecule has 0 fully saturated rings. The highest BCUT2D eigenvalue weighted by Gasteiger charge is 2.32. The smallest absolute Gasteiger partial charge is 0.134 e. The van der Waals surface area contributed by atoms with Crippen LogP contribution in [-0.4, -0.2) is 6.21 Å². The van der Waals surface area contributed by atoms with Crippen molar-refractivity contribution in [3.63, 3.8) is 0 Å². The molecule has 0 amide bonds. The van der Waals surface area contributed by atoms with Gasteiger partial charge in [0.2, 0.25) is 0 Å². The minimum absolute atomic E-state index is 0.319. The molecule has 1 aromatic heterocycles. The van der Waals surface area contributed by atoms with Crippen molar-refractivity contribution < 1.29 is 0 Å². The first-order valence-corrected chi connectivity index (χ1v) is 9.36. The van der Waals surface area contributed by atoms with Crippen LogP contribution in [0, 0.1) is 29.6 Å². The van der Waals surface area contributed by atoms with Gasteiger partial charge < -0.3 is 0 Å². The molecule has 0 unspecified atom stereocenters. The van der Waals surface area contributed by atoms with E-state index < -0.39 is 0 Å². The molecule has 0 radical (unpaired) electrons. The minimum atomic E-state index is 0.319. The molecule has 1 aliphatic carbocycles. The molecule has 0 N–H and O–H groups in total. The Balaban J connectivity index is 1.93. The Hall–Kier alpha value is -1.92. The van der Waals surface area contributed by atoms with Crippen LogP contribution in [0.15, 0.2) is 29.3 Å². The van der Waals surface area contributed by atoms with Crippen LogP contribution in [0.3, 0.4) is 0 Å². The van der Waals surface area contributed by atoms with Crippen LogP contribution in [0.25, 0.3) is 0 Å². The van der Waals surface area contributed by atoms with E-state index in [2.05, 4.69) is 50.9 Å². The zero-order valence-electron chi connectivity index (χ0n) is 14.9. The summed E-state index contributed by atoms with van der Waals surface area (Å²) in [5.74, 6) is 0.684. The Morgan fingerprint density at radius 2 is 2.04 bits per heavy atom. The second-order valence-electron chi connectivity index (χ2n) is 7.72. The summed E-state index contributed by atoms with van der Waals surface area (Å²) in [6.07, 6.45) is 5.16. The Morgan fingerprint density at radius 3 is 2.71 bits per heavy atom. The maximum absolute atomic E-state index is 9.62. The van der Waals surface area contributed by atoms with E-state index in [1.165, 1.54) is 22.4 Å². The van der Waals surface area contributed by atoms with E-state index in [-0.39, 0.29) is 0 Å². The van der Waals surface area contributed by atoms with Gasteiger partial charge in [-0.1, -0.05) is 45.0 Å². The molecule has 0 saturated carbocycles. The molecule has 2 aromatic rings. The first kappa shape index (κ1) is 16.9. The van der Waals surface area contributed by atoms with Crippen LogP contribution in [-0.2, 0) is 12.8 Å². The lowest BCUT2D eigenvalue weighted by Gasteiger charge is -2.33. The SMILES string of the molecule is Cc1ccccc1C=Nc1sc2c(c1C#N)CC[C@H](C(C)(C)C)C2. The molecule has 2 nitrogen and oxygen atoms in total. The highest BCUT2D eigenvalue weighted by molar-refractivity contribution is 7.16. The molecule has 1 aliphatic rings. The number of hydrogen-bond donors (Lipinski definition) is 0. The molecule has 1 atom stereocenters. The maximum Gasteiger partial charge on any atom is 0.134 e. The monoisotopic (exact) mass is 336 g/mol. The third-order valence-electron chi connectivity index (χ3n) is 5.09. The highest BCUT2D eigenvalue weighted by Crippen LogP contribution is 2.44. The van der Waals surface area contributed by atoms with Crippen molar-refractivity contribution in [2.24, 2.45) is 16.3 Å². The van der Waals surface area contributed by atoms with Gasteiger partial charge in [-0.15, -0.1) is 11.3 Å². The zero-order chi connectivity index (χ0) is 17.3. The summed E-state index contributed by atoms with van der Waals surface area (Å²) in [4.78, 5) is 6.04. The van der Waals surface area contributed by atoms with Crippen molar-refractivity contribution in [2.45, 2.75) is 47.0 Å². The average Bonchev–Trinajstić information content (AvgIpc) is 2.89. The van der Waals surface area contributed by atoms with Crippen molar-refractivity contribution in [3.05, 3.63) is 51.4 Å². The van der Waals surface area contributed by atoms with Gasteiger partial charge in [0.15, 0.2) is 0 Å². The van der Waals surface area contributed by atoms with Crippen molar-refractivity contribution in [1.29, 1.82) is 5.26 Å². The van der Waals surface area contributed by atoms with Crippen LogP contribution in [0.5, 0.6) is 0 Å². The van der Waals surface area contributed by atoms with E-state index in [9.17, 15) is 5.26 Å². The third-order valence-corrected chi connectivity index (χ3v) is 6.25. The summed E-state index contributed by atoms with van der Waals surface area (Å²) in [5, 5.41) is 10.5. The highest BCUT2D eigenvalue weighted by atomic mass is 32.1. The van der Waals surface area contributed by atoms with Crippen LogP contribution >= 0.6 is 11.3 Å². The fourth-order valence-corrected chi connectivity index (χ4v) is 4.60. The largest absolute Gasteiger partial charge is 0.244 e. The average molecular weight is 337 g/mol. The van der Waals surface area contributed by atoms with E-state index in [0.717, 1.165) is 29.0 Å². The van der Waals surface area contributed by atoms with E-state index in [0.29, 0.717) is 11.3 Å². The van der Waals surface area contributed by atoms with Crippen LogP contribution in [0.2, 0.25) is 0 Å². The summed E-state index contributed by atoms with van der Waals surface area (Å²) >= 11 is 1.71. The third kappa shape index (κ3) is 3.30. The Labute approximate surface area is 148 Å². The van der Waals surface area contributed by atoms with E-state index in [4.69, 9.17) is 0 Å². The van der Waals surface area contributed by atoms with E-state index in [1.807, 2.05) is 18.3 Å². The number of fused-ring (bicyclic) bond motifs is 1. The lowest BCUT2D eigenvalue weighted by atomic mass is 9.72. The van der Waals surface area contributed by atoms with Gasteiger partial charge in [0.1, 0.15) is 11.1 Å². The normalized spacial score (nSPS) is 17.7. The Kier molecular flexibility index (Phi) is 4.60. The molecular formula is C21H24N2S. The molecule has 124 valence electrons. The predicted molar refractivity (Wildman–Crippen MR) is 102 cm³/mol. The first-order chi connectivity index (χ1) is 11.4. The second-order valence-corrected chi connectivity index (χ2v) is 8.80. The molecule has 1 heterocycles. The zero-order valence-corrected chi connectivity index (χ0v) is 15.7. The molecule has 3 heteroatoms. The van der Waals surface area contributed by atoms with Gasteiger partial charge >= 0.3 is 0 Å². The van der Waals surface area contributed by atoms with Crippen LogP contribution in [0.1, 0.15) is 54.3 Å². The van der Waals surface area contributed by atoms with Gasteiger partial charge in [0.25, 0.3) is 0 Å². The lowest BCUT2D eigenvalue weighted by molar-refractivity contribution is 0.218. The molecule has 0 bridgehead atoms. The number of nitrogens with zero attached hydrogens (tertiary/aromatic N) is 2. The fraction of sp³-hybridized carbons (Fsp3) is 0.429. The quantitative estimate of drug-likeness (QED) is 0.636. The van der Waals surface area contributed by atoms with Gasteiger partial charge in [-0.05, 0) is 54.2 Å². The minimum Gasteiger partial charge on any atom is -0.244 e. The molecule has 1 aromatic carbocycles. The molecule has 0 saturated heterocycles. The lowest BCUT2D eigenvalue weighted by Crippen LogP contribution is -2.26. The number of aliphatic imine (C=N–C) groups is 1. The van der Waals surface area contributed by atoms with Crippen molar-refractivity contribution in [3.8, 4) is 6.07 Å². The number of aryl methyl sites for hydroxylation is 1. The standard InChI is InChI=1S/C21H24N2S/c1-14-7-5-6-8-15(14)13-23-20-18(12-22)17-10-9-16(21(2,3)4)11-19(17)24-20/h5-8,13,16H,9-11H2,1-4H3/t16-/m0/s1. The first-order valence-electron chi connectivity index (χ1n) is 8.54. The number of nitriles is 1. The second kappa shape index (κ2) is 6.53. The van der Waals surface area contributed by atoms with Gasteiger partial charge in [-0.2, -0.15) is 5.26 Å². The van der Waals surface area contributed by atoms with Crippen molar-refractivity contribution in [2.75, 3.05) is 0 Å². The van der Waals surface area contributed by atoms with Gasteiger partial charge in [0, 0.05) is 11.1 Å². The molecular weight excluding hydrogens is 312 g/mol. The maximum atomic E-state index is 9.62. The van der Waals surface area contributed by atoms with Crippen molar-refractivity contribution >= 4 is 22.6 Å². The van der Waals surface area contributed by atoms with Gasteiger partial charge in [0.05, 0.1) is 5.56 Å². The number of thiophene rings is 1. The van der Waals surface area contributed by atoms with E-state index in [1.54, 1.807) is 11.3 Å². The summed E-state index contributed by atoms with van der Waals surface area (Å²) in [7, 11) is 0. The number of hydrogen-bond acceptors (Lipinski definition) is 3. The van der Waals surface area contributed by atoms with Crippen LogP contribution < -0.4 is 0 Å². The molecule has 24 heavy (non-hydrogen) atoms. The van der Waals surface area contributed by atoms with E-state index >= 15 is 0 Å². The number of rotatable bonds is 2. The Bertz CT molecular complexity index is 815. The van der Waals surface area contributed by atoms with Gasteiger partial charge in [-0.3, -0.25) is 0 Å². The summed E-state index contributed by atoms with van der Waals surface area (Å²) in [6.45, 7) is 9.04. The summed E-state index contributed by atoms with van der Waals surface area (Å²) < 4.78 is 0. The summed E-state index contributed by atoms with van der Waals surface area (Å²) in [5.41, 5.74) is 4.68. The van der Waals surface area contributed by atoms with Gasteiger partial charge in [-0.25, -0.2) is 4.99 Å².